The standard InChI is InChI=1S/C14H10Br2FNO3/c1-8-4-14(12(17)6-13(8)18(19)20)21-10-3-2-9(7-15)11(16)5-10/h2-6H,7H2,1H3. The molecule has 0 radical (unpaired) electrons. The highest BCUT2D eigenvalue weighted by molar-refractivity contribution is 9.10. The van der Waals surface area contributed by atoms with Gasteiger partial charge in [-0.1, -0.05) is 37.9 Å². The van der Waals surface area contributed by atoms with Gasteiger partial charge in [0, 0.05) is 15.4 Å². The van der Waals surface area contributed by atoms with Crippen molar-refractivity contribution in [3.05, 3.63) is 61.9 Å². The van der Waals surface area contributed by atoms with Gasteiger partial charge in [0.1, 0.15) is 5.75 Å². The number of rotatable bonds is 4. The van der Waals surface area contributed by atoms with Crippen molar-refractivity contribution >= 4 is 37.5 Å². The molecule has 2 aromatic carbocycles. The molecule has 0 heterocycles. The van der Waals surface area contributed by atoms with E-state index in [4.69, 9.17) is 4.74 Å². The van der Waals surface area contributed by atoms with Crippen LogP contribution in [-0.4, -0.2) is 4.92 Å². The second kappa shape index (κ2) is 6.53. The topological polar surface area (TPSA) is 52.4 Å². The van der Waals surface area contributed by atoms with Gasteiger partial charge in [-0.2, -0.15) is 0 Å². The first kappa shape index (κ1) is 15.9. The van der Waals surface area contributed by atoms with Crippen LogP contribution in [0.5, 0.6) is 11.5 Å². The van der Waals surface area contributed by atoms with Crippen molar-refractivity contribution in [1.82, 2.24) is 0 Å². The number of benzene rings is 2. The summed E-state index contributed by atoms with van der Waals surface area (Å²) in [5, 5.41) is 11.4. The molecule has 0 bridgehead atoms. The molecule has 0 saturated heterocycles. The predicted molar refractivity (Wildman–Crippen MR) is 84.6 cm³/mol. The minimum Gasteiger partial charge on any atom is -0.454 e. The quantitative estimate of drug-likeness (QED) is 0.374. The van der Waals surface area contributed by atoms with Gasteiger partial charge < -0.3 is 4.74 Å². The average Bonchev–Trinajstić information content (AvgIpc) is 2.42. The first-order valence-electron chi connectivity index (χ1n) is 5.89. The van der Waals surface area contributed by atoms with Gasteiger partial charge >= 0.3 is 0 Å². The van der Waals surface area contributed by atoms with Crippen molar-refractivity contribution in [2.75, 3.05) is 0 Å². The van der Waals surface area contributed by atoms with Crippen molar-refractivity contribution < 1.29 is 14.1 Å². The summed E-state index contributed by atoms with van der Waals surface area (Å²) < 4.78 is 20.2. The summed E-state index contributed by atoms with van der Waals surface area (Å²) in [6, 6.07) is 7.45. The number of alkyl halides is 1. The molecule has 0 atom stereocenters. The molecular formula is C14H10Br2FNO3. The van der Waals surface area contributed by atoms with E-state index in [0.717, 1.165) is 16.1 Å². The van der Waals surface area contributed by atoms with Gasteiger partial charge in [-0.25, -0.2) is 4.39 Å². The maximum atomic E-state index is 13.9. The fourth-order valence-corrected chi connectivity index (χ4v) is 3.11. The lowest BCUT2D eigenvalue weighted by molar-refractivity contribution is -0.385. The monoisotopic (exact) mass is 417 g/mol. The maximum Gasteiger partial charge on any atom is 0.275 e. The number of ether oxygens (including phenoxy) is 1. The van der Waals surface area contributed by atoms with Crippen molar-refractivity contribution in [3.8, 4) is 11.5 Å². The maximum absolute atomic E-state index is 13.9. The molecule has 0 aliphatic rings. The van der Waals surface area contributed by atoms with Gasteiger partial charge in [0.15, 0.2) is 11.6 Å². The molecule has 21 heavy (non-hydrogen) atoms. The summed E-state index contributed by atoms with van der Waals surface area (Å²) in [5.41, 5.74) is 1.10. The van der Waals surface area contributed by atoms with Crippen LogP contribution in [0.1, 0.15) is 11.1 Å². The van der Waals surface area contributed by atoms with Crippen LogP contribution in [-0.2, 0) is 5.33 Å². The molecule has 7 heteroatoms. The third-order valence-corrected chi connectivity index (χ3v) is 4.19. The molecule has 4 nitrogen and oxygen atoms in total. The largest absolute Gasteiger partial charge is 0.454 e. The second-order valence-electron chi connectivity index (χ2n) is 4.32. The van der Waals surface area contributed by atoms with Gasteiger partial charge in [-0.15, -0.1) is 0 Å². The van der Waals surface area contributed by atoms with Crippen LogP contribution in [0.3, 0.4) is 0 Å². The zero-order valence-corrected chi connectivity index (χ0v) is 14.1. The van der Waals surface area contributed by atoms with Crippen molar-refractivity contribution in [2.24, 2.45) is 0 Å². The number of hydrogen-bond acceptors (Lipinski definition) is 3. The minimum absolute atomic E-state index is 0.0448. The summed E-state index contributed by atoms with van der Waals surface area (Å²) in [6.07, 6.45) is 0. The summed E-state index contributed by atoms with van der Waals surface area (Å²) >= 11 is 6.74. The van der Waals surface area contributed by atoms with Gasteiger partial charge in [0.25, 0.3) is 5.69 Å². The SMILES string of the molecule is Cc1cc(Oc2ccc(CBr)c(Br)c2)c(F)cc1[N+](=O)[O-]. The van der Waals surface area contributed by atoms with E-state index in [9.17, 15) is 14.5 Å². The van der Waals surface area contributed by atoms with E-state index in [1.54, 1.807) is 12.1 Å². The highest BCUT2D eigenvalue weighted by Gasteiger charge is 2.17. The lowest BCUT2D eigenvalue weighted by atomic mass is 10.2. The number of aryl methyl sites for hydroxylation is 1. The lowest BCUT2D eigenvalue weighted by Gasteiger charge is -2.09. The van der Waals surface area contributed by atoms with E-state index in [0.29, 0.717) is 16.6 Å². The Morgan fingerprint density at radius 3 is 2.62 bits per heavy atom. The van der Waals surface area contributed by atoms with Gasteiger partial charge in [-0.3, -0.25) is 10.1 Å². The number of nitro benzene ring substituents is 1. The lowest BCUT2D eigenvalue weighted by Crippen LogP contribution is -1.96. The summed E-state index contributed by atoms with van der Waals surface area (Å²) in [7, 11) is 0. The van der Waals surface area contributed by atoms with Crippen LogP contribution < -0.4 is 4.74 Å². The Morgan fingerprint density at radius 2 is 2.05 bits per heavy atom. The van der Waals surface area contributed by atoms with E-state index in [1.807, 2.05) is 6.07 Å². The first-order chi connectivity index (χ1) is 9.92. The van der Waals surface area contributed by atoms with Crippen LogP contribution in [0.2, 0.25) is 0 Å². The minimum atomic E-state index is -0.770. The number of nitro groups is 1. The zero-order valence-electron chi connectivity index (χ0n) is 10.9. The molecule has 0 fully saturated rings. The smallest absolute Gasteiger partial charge is 0.275 e. The van der Waals surface area contributed by atoms with Crippen molar-refractivity contribution in [3.63, 3.8) is 0 Å². The molecule has 0 aromatic heterocycles. The molecule has 0 spiro atoms. The molecule has 0 aliphatic carbocycles. The normalized spacial score (nSPS) is 10.5. The van der Waals surface area contributed by atoms with Gasteiger partial charge in [0.05, 0.1) is 11.0 Å². The van der Waals surface area contributed by atoms with E-state index >= 15 is 0 Å². The summed E-state index contributed by atoms with van der Waals surface area (Å²) in [4.78, 5) is 10.1. The number of hydrogen-bond donors (Lipinski definition) is 0. The van der Waals surface area contributed by atoms with Crippen molar-refractivity contribution in [1.29, 1.82) is 0 Å². The van der Waals surface area contributed by atoms with E-state index < -0.39 is 10.7 Å². The summed E-state index contributed by atoms with van der Waals surface area (Å²) in [6.45, 7) is 1.54. The molecule has 0 saturated carbocycles. The Balaban J connectivity index is 2.34. The third kappa shape index (κ3) is 3.59. The van der Waals surface area contributed by atoms with Crippen LogP contribution in [0.25, 0.3) is 0 Å². The van der Waals surface area contributed by atoms with Crippen LogP contribution >= 0.6 is 31.9 Å². The zero-order chi connectivity index (χ0) is 15.6. The predicted octanol–water partition coefficient (Wildman–Crippen LogP) is 5.49. The average molecular weight is 419 g/mol. The van der Waals surface area contributed by atoms with Gasteiger partial charge in [-0.05, 0) is 30.7 Å². The Labute approximate surface area is 137 Å². The highest BCUT2D eigenvalue weighted by Crippen LogP contribution is 2.32. The molecule has 2 rings (SSSR count). The second-order valence-corrected chi connectivity index (χ2v) is 5.73. The fourth-order valence-electron chi connectivity index (χ4n) is 1.75. The van der Waals surface area contributed by atoms with Crippen LogP contribution in [0, 0.1) is 22.9 Å². The molecule has 110 valence electrons. The number of nitrogens with zero attached hydrogens (tertiary/aromatic N) is 1. The van der Waals surface area contributed by atoms with Crippen LogP contribution in [0.15, 0.2) is 34.8 Å². The number of halogens is 3. The Hall–Kier alpha value is -1.47. The molecule has 0 unspecified atom stereocenters. The van der Waals surface area contributed by atoms with Crippen LogP contribution in [0.4, 0.5) is 10.1 Å². The molecule has 2 aromatic rings. The van der Waals surface area contributed by atoms with E-state index in [1.165, 1.54) is 13.0 Å². The molecule has 0 amide bonds. The fraction of sp³-hybridized carbons (Fsp3) is 0.143. The van der Waals surface area contributed by atoms with Crippen molar-refractivity contribution in [2.45, 2.75) is 12.3 Å². The Bertz CT molecular complexity index is 707. The van der Waals surface area contributed by atoms with Gasteiger partial charge in [0.2, 0.25) is 0 Å². The first-order valence-corrected chi connectivity index (χ1v) is 7.80. The third-order valence-electron chi connectivity index (χ3n) is 2.84. The highest BCUT2D eigenvalue weighted by atomic mass is 79.9. The Kier molecular flexibility index (Phi) is 4.95. The van der Waals surface area contributed by atoms with E-state index in [-0.39, 0.29) is 11.4 Å². The molecule has 0 N–H and O–H groups in total. The van der Waals surface area contributed by atoms with E-state index in [2.05, 4.69) is 31.9 Å². The molecular weight excluding hydrogens is 409 g/mol. The molecule has 0 aliphatic heterocycles. The summed E-state index contributed by atoms with van der Waals surface area (Å²) in [5.74, 6) is -0.372. The Morgan fingerprint density at radius 1 is 1.33 bits per heavy atom.